The molecule has 0 aliphatic carbocycles. The van der Waals surface area contributed by atoms with Crippen molar-refractivity contribution >= 4 is 0 Å². The monoisotopic (exact) mass is 276 g/mol. The molecule has 0 aliphatic rings. The van der Waals surface area contributed by atoms with Gasteiger partial charge in [-0.05, 0) is 26.1 Å². The summed E-state index contributed by atoms with van der Waals surface area (Å²) in [6.45, 7) is 4.46. The Morgan fingerprint density at radius 1 is 1.20 bits per heavy atom. The van der Waals surface area contributed by atoms with Gasteiger partial charge in [0.2, 0.25) is 0 Å². The van der Waals surface area contributed by atoms with Crippen molar-refractivity contribution in [1.82, 2.24) is 20.3 Å². The summed E-state index contributed by atoms with van der Waals surface area (Å²) in [7, 11) is 1.88. The van der Waals surface area contributed by atoms with Gasteiger partial charge in [-0.1, -0.05) is 17.3 Å². The predicted molar refractivity (Wildman–Crippen MR) is 75.9 cm³/mol. The van der Waals surface area contributed by atoms with E-state index in [4.69, 9.17) is 9.47 Å². The number of nitrogens with one attached hydrogen (secondary N) is 1. The molecule has 108 valence electrons. The van der Waals surface area contributed by atoms with Crippen LogP contribution in [0.15, 0.2) is 30.5 Å². The highest BCUT2D eigenvalue weighted by Crippen LogP contribution is 2.26. The molecule has 1 aromatic carbocycles. The third-order valence-corrected chi connectivity index (χ3v) is 2.67. The van der Waals surface area contributed by atoms with Crippen LogP contribution in [0.1, 0.15) is 12.6 Å². The zero-order chi connectivity index (χ0) is 14.2. The number of aromatic nitrogens is 3. The molecular formula is C14H20N4O2. The molecule has 1 aromatic heterocycles. The van der Waals surface area contributed by atoms with E-state index in [9.17, 15) is 0 Å². The average molecular weight is 276 g/mol. The number of rotatable bonds is 8. The molecule has 0 bridgehead atoms. The van der Waals surface area contributed by atoms with Crippen LogP contribution < -0.4 is 14.8 Å². The Bertz CT molecular complexity index is 527. The summed E-state index contributed by atoms with van der Waals surface area (Å²) in [6.07, 6.45) is 1.91. The minimum atomic E-state index is 0.520. The van der Waals surface area contributed by atoms with E-state index in [0.29, 0.717) is 26.3 Å². The summed E-state index contributed by atoms with van der Waals surface area (Å²) in [5.41, 5.74) is 0.919. The Morgan fingerprint density at radius 3 is 2.65 bits per heavy atom. The number of hydrogen-bond donors (Lipinski definition) is 1. The van der Waals surface area contributed by atoms with Crippen molar-refractivity contribution in [3.05, 3.63) is 36.2 Å². The molecule has 0 fully saturated rings. The molecule has 0 radical (unpaired) electrons. The van der Waals surface area contributed by atoms with Crippen molar-refractivity contribution < 1.29 is 9.47 Å². The van der Waals surface area contributed by atoms with Gasteiger partial charge in [0.05, 0.1) is 18.8 Å². The minimum Gasteiger partial charge on any atom is -0.490 e. The summed E-state index contributed by atoms with van der Waals surface area (Å²) in [5, 5.41) is 11.1. The van der Waals surface area contributed by atoms with Crippen LogP contribution in [0.25, 0.3) is 0 Å². The van der Waals surface area contributed by atoms with Crippen molar-refractivity contribution in [3.63, 3.8) is 0 Å². The molecule has 1 N–H and O–H groups in total. The SMILES string of the molecule is CCOc1ccccc1OCCn1cc(CNC)nn1. The maximum absolute atomic E-state index is 5.73. The van der Waals surface area contributed by atoms with E-state index in [2.05, 4.69) is 15.6 Å². The number of nitrogens with zero attached hydrogens (tertiary/aromatic N) is 3. The molecule has 0 unspecified atom stereocenters. The fourth-order valence-corrected chi connectivity index (χ4v) is 1.80. The number of hydrogen-bond acceptors (Lipinski definition) is 5. The highest BCUT2D eigenvalue weighted by molar-refractivity contribution is 5.39. The van der Waals surface area contributed by atoms with Crippen molar-refractivity contribution in [2.45, 2.75) is 20.0 Å². The second-order valence-electron chi connectivity index (χ2n) is 4.23. The fourth-order valence-electron chi connectivity index (χ4n) is 1.80. The summed E-state index contributed by atoms with van der Waals surface area (Å²) in [6, 6.07) is 7.66. The minimum absolute atomic E-state index is 0.520. The van der Waals surface area contributed by atoms with Crippen LogP contribution in [-0.2, 0) is 13.1 Å². The lowest BCUT2D eigenvalue weighted by atomic mass is 10.3. The average Bonchev–Trinajstić information content (AvgIpc) is 2.89. The Morgan fingerprint density at radius 2 is 1.95 bits per heavy atom. The molecule has 0 aliphatic heterocycles. The van der Waals surface area contributed by atoms with Crippen molar-refractivity contribution in [2.24, 2.45) is 0 Å². The first-order valence-corrected chi connectivity index (χ1v) is 6.71. The van der Waals surface area contributed by atoms with Gasteiger partial charge >= 0.3 is 0 Å². The van der Waals surface area contributed by atoms with E-state index in [1.165, 1.54) is 0 Å². The highest BCUT2D eigenvalue weighted by atomic mass is 16.5. The van der Waals surface area contributed by atoms with Crippen LogP contribution in [0.3, 0.4) is 0 Å². The van der Waals surface area contributed by atoms with E-state index in [0.717, 1.165) is 17.2 Å². The summed E-state index contributed by atoms with van der Waals surface area (Å²) in [5.74, 6) is 1.52. The van der Waals surface area contributed by atoms with Gasteiger partial charge in [0.25, 0.3) is 0 Å². The van der Waals surface area contributed by atoms with Crippen LogP contribution in [0, 0.1) is 0 Å². The Hall–Kier alpha value is -2.08. The quantitative estimate of drug-likeness (QED) is 0.791. The molecule has 6 heteroatoms. The second-order valence-corrected chi connectivity index (χ2v) is 4.23. The number of ether oxygens (including phenoxy) is 2. The van der Waals surface area contributed by atoms with Crippen molar-refractivity contribution in [1.29, 1.82) is 0 Å². The molecule has 0 saturated carbocycles. The first kappa shape index (κ1) is 14.3. The summed E-state index contributed by atoms with van der Waals surface area (Å²) >= 11 is 0. The zero-order valence-electron chi connectivity index (χ0n) is 11.9. The molecule has 0 spiro atoms. The molecule has 2 rings (SSSR count). The van der Waals surface area contributed by atoms with Gasteiger partial charge in [-0.3, -0.25) is 0 Å². The molecule has 0 atom stereocenters. The van der Waals surface area contributed by atoms with E-state index < -0.39 is 0 Å². The Labute approximate surface area is 118 Å². The van der Waals surface area contributed by atoms with E-state index in [1.807, 2.05) is 44.4 Å². The predicted octanol–water partition coefficient (Wildman–Crippen LogP) is 1.48. The fraction of sp³-hybridized carbons (Fsp3) is 0.429. The van der Waals surface area contributed by atoms with E-state index in [1.54, 1.807) is 4.68 Å². The van der Waals surface area contributed by atoms with Gasteiger partial charge in [0.1, 0.15) is 6.61 Å². The third-order valence-electron chi connectivity index (χ3n) is 2.67. The maximum Gasteiger partial charge on any atom is 0.161 e. The van der Waals surface area contributed by atoms with Crippen LogP contribution in [0.2, 0.25) is 0 Å². The van der Waals surface area contributed by atoms with E-state index in [-0.39, 0.29) is 0 Å². The number of benzene rings is 1. The topological polar surface area (TPSA) is 61.2 Å². The summed E-state index contributed by atoms with van der Waals surface area (Å²) in [4.78, 5) is 0. The molecule has 0 amide bonds. The lowest BCUT2D eigenvalue weighted by molar-refractivity contribution is 0.261. The van der Waals surface area contributed by atoms with Crippen LogP contribution in [0.5, 0.6) is 11.5 Å². The maximum atomic E-state index is 5.73. The summed E-state index contributed by atoms with van der Waals surface area (Å²) < 4.78 is 13.0. The van der Waals surface area contributed by atoms with E-state index >= 15 is 0 Å². The van der Waals surface area contributed by atoms with Crippen LogP contribution >= 0.6 is 0 Å². The molecule has 0 saturated heterocycles. The third kappa shape index (κ3) is 3.96. The first-order chi connectivity index (χ1) is 9.83. The highest BCUT2D eigenvalue weighted by Gasteiger charge is 2.04. The molecule has 2 aromatic rings. The Kier molecular flexibility index (Phi) is 5.37. The standard InChI is InChI=1S/C14H20N4O2/c1-3-19-13-6-4-5-7-14(13)20-9-8-18-11-12(10-15-2)16-17-18/h4-7,11,15H,3,8-10H2,1-2H3. The van der Waals surface area contributed by atoms with Gasteiger partial charge < -0.3 is 14.8 Å². The van der Waals surface area contributed by atoms with Gasteiger partial charge in [-0.2, -0.15) is 0 Å². The van der Waals surface area contributed by atoms with Crippen LogP contribution in [-0.4, -0.2) is 35.3 Å². The van der Waals surface area contributed by atoms with Gasteiger partial charge in [0, 0.05) is 12.7 Å². The Balaban J connectivity index is 1.85. The van der Waals surface area contributed by atoms with Gasteiger partial charge in [-0.25, -0.2) is 4.68 Å². The number of para-hydroxylation sites is 2. The van der Waals surface area contributed by atoms with Gasteiger partial charge in [-0.15, -0.1) is 5.10 Å². The second kappa shape index (κ2) is 7.49. The normalized spacial score (nSPS) is 10.5. The van der Waals surface area contributed by atoms with Crippen molar-refractivity contribution in [3.8, 4) is 11.5 Å². The molecule has 1 heterocycles. The smallest absolute Gasteiger partial charge is 0.161 e. The lowest BCUT2D eigenvalue weighted by Gasteiger charge is -2.11. The lowest BCUT2D eigenvalue weighted by Crippen LogP contribution is -2.09. The molecule has 20 heavy (non-hydrogen) atoms. The molecular weight excluding hydrogens is 256 g/mol. The molecule has 6 nitrogen and oxygen atoms in total. The van der Waals surface area contributed by atoms with Crippen LogP contribution in [0.4, 0.5) is 0 Å². The van der Waals surface area contributed by atoms with Gasteiger partial charge in [0.15, 0.2) is 11.5 Å². The first-order valence-electron chi connectivity index (χ1n) is 6.71. The largest absolute Gasteiger partial charge is 0.490 e. The van der Waals surface area contributed by atoms with Crippen molar-refractivity contribution in [2.75, 3.05) is 20.3 Å². The zero-order valence-corrected chi connectivity index (χ0v) is 11.9.